The highest BCUT2D eigenvalue weighted by Gasteiger charge is 2.11. The van der Waals surface area contributed by atoms with Crippen LogP contribution in [0, 0.1) is 13.8 Å². The number of pyridine rings is 1. The van der Waals surface area contributed by atoms with Gasteiger partial charge in [-0.05, 0) is 62.1 Å². The zero-order chi connectivity index (χ0) is 14.4. The Bertz CT molecular complexity index is 534. The summed E-state index contributed by atoms with van der Waals surface area (Å²) in [5.41, 5.74) is 5.27. The minimum absolute atomic E-state index is 0.404. The van der Waals surface area contributed by atoms with Crippen LogP contribution in [0.2, 0.25) is 0 Å². The molecule has 1 aromatic heterocycles. The molecule has 1 unspecified atom stereocenters. The van der Waals surface area contributed by atoms with Gasteiger partial charge in [0, 0.05) is 17.9 Å². The summed E-state index contributed by atoms with van der Waals surface area (Å²) < 4.78 is 0. The highest BCUT2D eigenvalue weighted by atomic mass is 14.9. The number of rotatable bonds is 6. The fourth-order valence-electron chi connectivity index (χ4n) is 2.45. The van der Waals surface area contributed by atoms with E-state index in [1.165, 1.54) is 22.4 Å². The maximum absolute atomic E-state index is 4.41. The van der Waals surface area contributed by atoms with Crippen molar-refractivity contribution < 1.29 is 0 Å². The molecule has 1 heterocycles. The summed E-state index contributed by atoms with van der Waals surface area (Å²) in [6, 6.07) is 13.3. The van der Waals surface area contributed by atoms with E-state index in [1.54, 1.807) is 0 Å². The van der Waals surface area contributed by atoms with Crippen molar-refractivity contribution >= 4 is 0 Å². The van der Waals surface area contributed by atoms with Crippen LogP contribution in [-0.4, -0.2) is 11.5 Å². The van der Waals surface area contributed by atoms with Crippen LogP contribution in [-0.2, 0) is 6.42 Å². The minimum Gasteiger partial charge on any atom is -0.310 e. The molecule has 0 bridgehead atoms. The van der Waals surface area contributed by atoms with Gasteiger partial charge in [-0.15, -0.1) is 0 Å². The SMILES string of the molecule is CCNC(CCc1ccccn1)c1ccc(C)c(C)c1. The van der Waals surface area contributed by atoms with Crippen LogP contribution in [0.15, 0.2) is 42.6 Å². The molecule has 1 N–H and O–H groups in total. The second kappa shape index (κ2) is 7.20. The Morgan fingerprint density at radius 1 is 1.10 bits per heavy atom. The van der Waals surface area contributed by atoms with Gasteiger partial charge in [0.25, 0.3) is 0 Å². The van der Waals surface area contributed by atoms with Crippen LogP contribution in [0.3, 0.4) is 0 Å². The summed E-state index contributed by atoms with van der Waals surface area (Å²) in [5, 5.41) is 3.59. The fraction of sp³-hybridized carbons (Fsp3) is 0.389. The summed E-state index contributed by atoms with van der Waals surface area (Å²) in [7, 11) is 0. The van der Waals surface area contributed by atoms with Crippen molar-refractivity contribution in [2.75, 3.05) is 6.54 Å². The zero-order valence-corrected chi connectivity index (χ0v) is 12.7. The van der Waals surface area contributed by atoms with E-state index >= 15 is 0 Å². The average Bonchev–Trinajstić information content (AvgIpc) is 2.47. The lowest BCUT2D eigenvalue weighted by molar-refractivity contribution is 0.512. The van der Waals surface area contributed by atoms with Gasteiger partial charge in [-0.1, -0.05) is 31.2 Å². The van der Waals surface area contributed by atoms with E-state index in [1.807, 2.05) is 12.3 Å². The van der Waals surface area contributed by atoms with E-state index < -0.39 is 0 Å². The first-order chi connectivity index (χ1) is 9.70. The summed E-state index contributed by atoms with van der Waals surface area (Å²) >= 11 is 0. The van der Waals surface area contributed by atoms with Crippen LogP contribution in [0.25, 0.3) is 0 Å². The van der Waals surface area contributed by atoms with Crippen LogP contribution < -0.4 is 5.32 Å². The van der Waals surface area contributed by atoms with Crippen molar-refractivity contribution in [3.8, 4) is 0 Å². The quantitative estimate of drug-likeness (QED) is 0.857. The largest absolute Gasteiger partial charge is 0.310 e. The third-order valence-electron chi connectivity index (χ3n) is 3.80. The molecular weight excluding hydrogens is 244 g/mol. The number of aromatic nitrogens is 1. The van der Waals surface area contributed by atoms with Crippen molar-refractivity contribution in [3.05, 3.63) is 65.0 Å². The maximum Gasteiger partial charge on any atom is 0.0404 e. The molecule has 0 spiro atoms. The molecule has 1 atom stereocenters. The molecule has 0 fully saturated rings. The van der Waals surface area contributed by atoms with E-state index in [0.29, 0.717) is 6.04 Å². The fourth-order valence-corrected chi connectivity index (χ4v) is 2.45. The molecule has 2 heteroatoms. The zero-order valence-electron chi connectivity index (χ0n) is 12.7. The normalized spacial score (nSPS) is 12.3. The lowest BCUT2D eigenvalue weighted by atomic mass is 9.97. The number of hydrogen-bond acceptors (Lipinski definition) is 2. The molecule has 0 saturated heterocycles. The molecule has 0 aliphatic rings. The lowest BCUT2D eigenvalue weighted by Gasteiger charge is -2.19. The first-order valence-electron chi connectivity index (χ1n) is 7.41. The van der Waals surface area contributed by atoms with E-state index in [-0.39, 0.29) is 0 Å². The predicted molar refractivity (Wildman–Crippen MR) is 84.9 cm³/mol. The van der Waals surface area contributed by atoms with Crippen molar-refractivity contribution in [1.82, 2.24) is 10.3 Å². The third kappa shape index (κ3) is 3.91. The first-order valence-corrected chi connectivity index (χ1v) is 7.41. The van der Waals surface area contributed by atoms with Gasteiger partial charge in [-0.2, -0.15) is 0 Å². The number of nitrogens with zero attached hydrogens (tertiary/aromatic N) is 1. The lowest BCUT2D eigenvalue weighted by Crippen LogP contribution is -2.21. The summed E-state index contributed by atoms with van der Waals surface area (Å²) in [5.74, 6) is 0. The molecule has 0 aliphatic heterocycles. The van der Waals surface area contributed by atoms with Crippen molar-refractivity contribution in [2.45, 2.75) is 39.7 Å². The molecule has 106 valence electrons. The van der Waals surface area contributed by atoms with Gasteiger partial charge in [-0.3, -0.25) is 4.98 Å². The Labute approximate surface area is 122 Å². The Kier molecular flexibility index (Phi) is 5.31. The van der Waals surface area contributed by atoms with Crippen molar-refractivity contribution in [3.63, 3.8) is 0 Å². The van der Waals surface area contributed by atoms with Crippen molar-refractivity contribution in [2.24, 2.45) is 0 Å². The highest BCUT2D eigenvalue weighted by molar-refractivity contribution is 5.31. The van der Waals surface area contributed by atoms with E-state index in [9.17, 15) is 0 Å². The summed E-state index contributed by atoms with van der Waals surface area (Å²) in [4.78, 5) is 4.41. The van der Waals surface area contributed by atoms with E-state index in [4.69, 9.17) is 0 Å². The molecule has 0 amide bonds. The van der Waals surface area contributed by atoms with Gasteiger partial charge in [0.1, 0.15) is 0 Å². The van der Waals surface area contributed by atoms with Crippen LogP contribution in [0.1, 0.15) is 41.8 Å². The van der Waals surface area contributed by atoms with Crippen LogP contribution in [0.5, 0.6) is 0 Å². The highest BCUT2D eigenvalue weighted by Crippen LogP contribution is 2.21. The molecule has 0 radical (unpaired) electrons. The smallest absolute Gasteiger partial charge is 0.0404 e. The molecule has 2 nitrogen and oxygen atoms in total. The van der Waals surface area contributed by atoms with Gasteiger partial charge in [0.15, 0.2) is 0 Å². The minimum atomic E-state index is 0.404. The van der Waals surface area contributed by atoms with E-state index in [2.05, 4.69) is 61.4 Å². The second-order valence-electron chi connectivity index (χ2n) is 5.31. The molecule has 0 saturated carbocycles. The standard InChI is InChI=1S/C18H24N2/c1-4-19-18(11-10-17-7-5-6-12-20-17)16-9-8-14(2)15(3)13-16/h5-9,12-13,18-19H,4,10-11H2,1-3H3. The Morgan fingerprint density at radius 3 is 2.60 bits per heavy atom. The molecule has 0 aliphatic carbocycles. The van der Waals surface area contributed by atoms with Crippen LogP contribution >= 0.6 is 0 Å². The third-order valence-corrected chi connectivity index (χ3v) is 3.80. The topological polar surface area (TPSA) is 24.9 Å². The monoisotopic (exact) mass is 268 g/mol. The van der Waals surface area contributed by atoms with Gasteiger partial charge in [0.2, 0.25) is 0 Å². The summed E-state index contributed by atoms with van der Waals surface area (Å²) in [6.07, 6.45) is 3.95. The van der Waals surface area contributed by atoms with Crippen LogP contribution in [0.4, 0.5) is 0 Å². The van der Waals surface area contributed by atoms with Gasteiger partial charge < -0.3 is 5.32 Å². The Morgan fingerprint density at radius 2 is 1.95 bits per heavy atom. The second-order valence-corrected chi connectivity index (χ2v) is 5.31. The Hall–Kier alpha value is -1.67. The number of aryl methyl sites for hydroxylation is 3. The van der Waals surface area contributed by atoms with E-state index in [0.717, 1.165) is 19.4 Å². The number of nitrogens with one attached hydrogen (secondary N) is 1. The molecule has 1 aromatic carbocycles. The van der Waals surface area contributed by atoms with Gasteiger partial charge >= 0.3 is 0 Å². The molecule has 20 heavy (non-hydrogen) atoms. The maximum atomic E-state index is 4.41. The molecule has 2 rings (SSSR count). The number of hydrogen-bond donors (Lipinski definition) is 1. The van der Waals surface area contributed by atoms with Gasteiger partial charge in [0.05, 0.1) is 0 Å². The summed E-state index contributed by atoms with van der Waals surface area (Å²) in [6.45, 7) is 7.49. The predicted octanol–water partition coefficient (Wildman–Crippen LogP) is 3.98. The molecule has 2 aromatic rings. The van der Waals surface area contributed by atoms with Gasteiger partial charge in [-0.25, -0.2) is 0 Å². The Balaban J connectivity index is 2.08. The average molecular weight is 268 g/mol. The molecular formula is C18H24N2. The van der Waals surface area contributed by atoms with Crippen molar-refractivity contribution in [1.29, 1.82) is 0 Å². The number of benzene rings is 1. The first kappa shape index (κ1) is 14.7.